The van der Waals surface area contributed by atoms with Crippen LogP contribution in [-0.4, -0.2) is 58.5 Å². The van der Waals surface area contributed by atoms with Gasteiger partial charge in [0.1, 0.15) is 11.9 Å². The number of alkyl halides is 3. The second-order valence-electron chi connectivity index (χ2n) is 12.0. The van der Waals surface area contributed by atoms with Crippen LogP contribution in [0.15, 0.2) is 82.7 Å². The number of carbonyl (C=O) groups is 1. The molecule has 0 aliphatic heterocycles. The molecule has 0 saturated heterocycles. The lowest BCUT2D eigenvalue weighted by molar-refractivity contribution is -0.137. The molecule has 11 heteroatoms. The molecule has 3 aromatic carbocycles. The van der Waals surface area contributed by atoms with Gasteiger partial charge in [-0.2, -0.15) is 18.2 Å². The first kappa shape index (κ1) is 35.3. The molecule has 1 heterocycles. The molecule has 0 spiro atoms. The standard InChI is InChI=1S/C37H40F4N4O2S/c1-4-44(5-2)22-21-43(3)35(47)33(23-25-9-13-27(14-10-25)28-15-17-29(18-16-28)37(39,40)41)45-32-8-6-7-31(32)34(46)42-36(45)48-24-26-11-19-30(38)20-12-26/h9-20,33H,4-8,21-24H2,1-3H3. The van der Waals surface area contributed by atoms with Crippen molar-refractivity contribution in [2.45, 2.75) is 62.7 Å². The van der Waals surface area contributed by atoms with E-state index in [0.29, 0.717) is 47.8 Å². The van der Waals surface area contributed by atoms with Gasteiger partial charge in [-0.3, -0.25) is 9.59 Å². The molecular formula is C37H40F4N4O2S. The third-order valence-electron chi connectivity index (χ3n) is 8.97. The molecule has 0 saturated carbocycles. The lowest BCUT2D eigenvalue weighted by Gasteiger charge is -2.30. The summed E-state index contributed by atoms with van der Waals surface area (Å²) in [5, 5.41) is 0.446. The van der Waals surface area contributed by atoms with Gasteiger partial charge in [0.05, 0.1) is 5.56 Å². The van der Waals surface area contributed by atoms with E-state index in [4.69, 9.17) is 0 Å². The Morgan fingerprint density at radius 2 is 1.50 bits per heavy atom. The van der Waals surface area contributed by atoms with Crippen molar-refractivity contribution in [3.8, 4) is 11.1 Å². The summed E-state index contributed by atoms with van der Waals surface area (Å²) in [6.07, 6.45) is -2.04. The smallest absolute Gasteiger partial charge is 0.343 e. The molecule has 1 aliphatic carbocycles. The van der Waals surface area contributed by atoms with Gasteiger partial charge in [0.2, 0.25) is 5.91 Å². The van der Waals surface area contributed by atoms with Crippen molar-refractivity contribution < 1.29 is 22.4 Å². The zero-order valence-electron chi connectivity index (χ0n) is 27.4. The van der Waals surface area contributed by atoms with Gasteiger partial charge < -0.3 is 14.4 Å². The predicted octanol–water partition coefficient (Wildman–Crippen LogP) is 7.43. The Balaban J connectivity index is 1.50. The molecule has 1 unspecified atom stereocenters. The highest BCUT2D eigenvalue weighted by Crippen LogP contribution is 2.33. The first-order chi connectivity index (χ1) is 23.0. The topological polar surface area (TPSA) is 58.4 Å². The number of halogens is 4. The van der Waals surface area contributed by atoms with Crippen LogP contribution in [-0.2, 0) is 36.0 Å². The number of likely N-dealkylation sites (N-methyl/N-ethyl adjacent to an activating group) is 2. The number of benzene rings is 3. The van der Waals surface area contributed by atoms with Crippen molar-refractivity contribution in [2.75, 3.05) is 33.2 Å². The quantitative estimate of drug-likeness (QED) is 0.0836. The van der Waals surface area contributed by atoms with Crippen LogP contribution in [0.1, 0.15) is 54.3 Å². The summed E-state index contributed by atoms with van der Waals surface area (Å²) in [5.41, 5.74) is 3.62. The Morgan fingerprint density at radius 3 is 2.10 bits per heavy atom. The molecule has 48 heavy (non-hydrogen) atoms. The van der Waals surface area contributed by atoms with Crippen LogP contribution in [0, 0.1) is 5.82 Å². The lowest BCUT2D eigenvalue weighted by Crippen LogP contribution is -2.41. The van der Waals surface area contributed by atoms with Crippen LogP contribution in [0.3, 0.4) is 0 Å². The lowest BCUT2D eigenvalue weighted by atomic mass is 9.99. The van der Waals surface area contributed by atoms with Crippen LogP contribution in [0.2, 0.25) is 0 Å². The van der Waals surface area contributed by atoms with Crippen molar-refractivity contribution in [2.24, 2.45) is 0 Å². The van der Waals surface area contributed by atoms with E-state index < -0.39 is 17.8 Å². The van der Waals surface area contributed by atoms with Crippen molar-refractivity contribution >= 4 is 17.7 Å². The van der Waals surface area contributed by atoms with E-state index in [1.807, 2.05) is 28.8 Å². The number of hydrogen-bond donors (Lipinski definition) is 0. The summed E-state index contributed by atoms with van der Waals surface area (Å²) in [4.78, 5) is 36.1. The number of thioether (sulfide) groups is 1. The Morgan fingerprint density at radius 1 is 0.896 bits per heavy atom. The van der Waals surface area contributed by atoms with Crippen molar-refractivity contribution in [1.82, 2.24) is 19.4 Å². The van der Waals surface area contributed by atoms with Gasteiger partial charge in [-0.25, -0.2) is 4.39 Å². The van der Waals surface area contributed by atoms with Gasteiger partial charge in [-0.15, -0.1) is 0 Å². The monoisotopic (exact) mass is 680 g/mol. The molecule has 0 bridgehead atoms. The van der Waals surface area contributed by atoms with Gasteiger partial charge in [0.15, 0.2) is 5.16 Å². The van der Waals surface area contributed by atoms with Crippen molar-refractivity contribution in [1.29, 1.82) is 0 Å². The first-order valence-corrected chi connectivity index (χ1v) is 17.2. The van der Waals surface area contributed by atoms with Crippen LogP contribution in [0.4, 0.5) is 17.6 Å². The SMILES string of the molecule is CCN(CC)CCN(C)C(=O)C(Cc1ccc(-c2ccc(C(F)(F)F)cc2)cc1)n1c(SCc2ccc(F)cc2)nc(=O)c2c1CCC2. The van der Waals surface area contributed by atoms with Crippen LogP contribution in [0.25, 0.3) is 11.1 Å². The Labute approximate surface area is 282 Å². The molecule has 0 fully saturated rings. The summed E-state index contributed by atoms with van der Waals surface area (Å²) in [7, 11) is 1.80. The normalized spacial score (nSPS) is 13.5. The second-order valence-corrected chi connectivity index (χ2v) is 13.0. The van der Waals surface area contributed by atoms with Crippen LogP contribution < -0.4 is 5.56 Å². The van der Waals surface area contributed by atoms with Gasteiger partial charge in [0.25, 0.3) is 5.56 Å². The van der Waals surface area contributed by atoms with E-state index in [0.717, 1.165) is 60.6 Å². The fourth-order valence-corrected chi connectivity index (χ4v) is 7.10. The van der Waals surface area contributed by atoms with E-state index in [2.05, 4.69) is 23.7 Å². The zero-order valence-corrected chi connectivity index (χ0v) is 28.2. The minimum absolute atomic E-state index is 0.0999. The number of nitrogens with zero attached hydrogens (tertiary/aromatic N) is 4. The summed E-state index contributed by atoms with van der Waals surface area (Å²) >= 11 is 1.35. The summed E-state index contributed by atoms with van der Waals surface area (Å²) < 4.78 is 54.8. The molecule has 6 nitrogen and oxygen atoms in total. The predicted molar refractivity (Wildman–Crippen MR) is 182 cm³/mol. The molecule has 1 amide bonds. The fourth-order valence-electron chi connectivity index (χ4n) is 6.09. The molecular weight excluding hydrogens is 640 g/mol. The number of rotatable bonds is 13. The fraction of sp³-hybridized carbons (Fsp3) is 0.378. The number of fused-ring (bicyclic) bond motifs is 1. The summed E-state index contributed by atoms with van der Waals surface area (Å²) in [5.74, 6) is 0.00249. The highest BCUT2D eigenvalue weighted by atomic mass is 32.2. The number of aromatic nitrogens is 2. The highest BCUT2D eigenvalue weighted by molar-refractivity contribution is 7.98. The molecule has 5 rings (SSSR count). The molecule has 1 aliphatic rings. The highest BCUT2D eigenvalue weighted by Gasteiger charge is 2.32. The van der Waals surface area contributed by atoms with Crippen LogP contribution in [0.5, 0.6) is 0 Å². The van der Waals surface area contributed by atoms with E-state index in [-0.39, 0.29) is 17.3 Å². The van der Waals surface area contributed by atoms with Crippen LogP contribution >= 0.6 is 11.8 Å². The van der Waals surface area contributed by atoms with E-state index in [1.54, 1.807) is 24.1 Å². The van der Waals surface area contributed by atoms with Crippen molar-refractivity contribution in [3.05, 3.63) is 117 Å². The molecule has 4 aromatic rings. The molecule has 254 valence electrons. The number of hydrogen-bond acceptors (Lipinski definition) is 5. The van der Waals surface area contributed by atoms with Gasteiger partial charge >= 0.3 is 6.18 Å². The third-order valence-corrected chi connectivity index (χ3v) is 9.99. The molecule has 0 radical (unpaired) electrons. The Bertz CT molecular complexity index is 1750. The Kier molecular flexibility index (Phi) is 11.4. The van der Waals surface area contributed by atoms with E-state index in [9.17, 15) is 27.2 Å². The average molecular weight is 681 g/mol. The largest absolute Gasteiger partial charge is 0.416 e. The van der Waals surface area contributed by atoms with Gasteiger partial charge in [-0.1, -0.05) is 74.1 Å². The third kappa shape index (κ3) is 8.36. The van der Waals surface area contributed by atoms with E-state index >= 15 is 0 Å². The first-order valence-electron chi connectivity index (χ1n) is 16.2. The van der Waals surface area contributed by atoms with Crippen molar-refractivity contribution in [3.63, 3.8) is 0 Å². The summed E-state index contributed by atoms with van der Waals surface area (Å²) in [6.45, 7) is 7.15. The average Bonchev–Trinajstić information content (AvgIpc) is 3.58. The van der Waals surface area contributed by atoms with Gasteiger partial charge in [-0.05, 0) is 78.9 Å². The number of carbonyl (C=O) groups excluding carboxylic acids is 1. The minimum Gasteiger partial charge on any atom is -0.343 e. The van der Waals surface area contributed by atoms with E-state index in [1.165, 1.54) is 36.0 Å². The van der Waals surface area contributed by atoms with Gasteiger partial charge in [0, 0.05) is 43.6 Å². The second kappa shape index (κ2) is 15.5. The Hall–Kier alpha value is -3.96. The summed E-state index contributed by atoms with van der Waals surface area (Å²) in [6, 6.07) is 18.0. The zero-order chi connectivity index (χ0) is 34.4. The maximum absolute atomic E-state index is 14.4. The maximum Gasteiger partial charge on any atom is 0.416 e. The molecule has 1 atom stereocenters. The minimum atomic E-state index is -4.41. The molecule has 0 N–H and O–H groups in total. The maximum atomic E-state index is 14.4. The number of amides is 1. The molecule has 1 aromatic heterocycles.